The fraction of sp³-hybridized carbons (Fsp3) is 0.381. The SMILES string of the molecule is Nc1cc(NCCCP(=O)(O)O)cc2c1[nH]c(=O)n2Cc1ccc(OCCCCP(=O)(O)O)cc1. The molecule has 0 bridgehead atoms. The van der Waals surface area contributed by atoms with Crippen molar-refractivity contribution in [2.24, 2.45) is 0 Å². The van der Waals surface area contributed by atoms with Crippen LogP contribution in [0.15, 0.2) is 41.2 Å². The second kappa shape index (κ2) is 11.4. The van der Waals surface area contributed by atoms with Gasteiger partial charge in [-0.05, 0) is 49.1 Å². The van der Waals surface area contributed by atoms with Gasteiger partial charge in [0.25, 0.3) is 0 Å². The van der Waals surface area contributed by atoms with Crippen molar-refractivity contribution >= 4 is 37.6 Å². The van der Waals surface area contributed by atoms with E-state index in [4.69, 9.17) is 30.0 Å². The summed E-state index contributed by atoms with van der Waals surface area (Å²) in [5.41, 5.74) is 8.74. The number of unbranched alkanes of at least 4 members (excludes halogenated alkanes) is 1. The third-order valence-electron chi connectivity index (χ3n) is 5.25. The highest BCUT2D eigenvalue weighted by Gasteiger charge is 2.14. The second-order valence-corrected chi connectivity index (χ2v) is 11.8. The standard InChI is InChI=1S/C21H30N4O8P2/c22-18-12-16(23-8-3-11-35(30,31)32)13-19-20(18)24-21(26)25(19)14-15-4-6-17(7-5-15)33-9-1-2-10-34(27,28)29/h4-7,12-13,23H,1-3,8-11,14,22H2,(H,24,26)(H2,27,28,29)(H2,30,31,32). The maximum atomic E-state index is 12.6. The van der Waals surface area contributed by atoms with Crippen LogP contribution in [0.25, 0.3) is 11.0 Å². The molecule has 14 heteroatoms. The van der Waals surface area contributed by atoms with Gasteiger partial charge in [-0.25, -0.2) is 4.79 Å². The second-order valence-electron chi connectivity index (χ2n) is 8.23. The van der Waals surface area contributed by atoms with E-state index in [1.807, 2.05) is 12.1 Å². The number of nitrogens with two attached hydrogens (primary N) is 1. The van der Waals surface area contributed by atoms with E-state index in [1.165, 1.54) is 0 Å². The molecule has 8 N–H and O–H groups in total. The summed E-state index contributed by atoms with van der Waals surface area (Å²) < 4.78 is 29.0. The largest absolute Gasteiger partial charge is 0.494 e. The van der Waals surface area contributed by atoms with E-state index in [-0.39, 0.29) is 31.0 Å². The van der Waals surface area contributed by atoms with Crippen molar-refractivity contribution in [1.82, 2.24) is 9.55 Å². The van der Waals surface area contributed by atoms with Crippen LogP contribution in [0.4, 0.5) is 11.4 Å². The van der Waals surface area contributed by atoms with Gasteiger partial charge in [0.2, 0.25) is 0 Å². The van der Waals surface area contributed by atoms with E-state index in [0.717, 1.165) is 5.56 Å². The maximum absolute atomic E-state index is 12.6. The molecule has 0 aliphatic heterocycles. The predicted molar refractivity (Wildman–Crippen MR) is 134 cm³/mol. The number of imidazole rings is 1. The Labute approximate surface area is 201 Å². The quantitative estimate of drug-likeness (QED) is 0.0980. The normalized spacial score (nSPS) is 12.2. The molecule has 0 aliphatic rings. The third-order valence-corrected chi connectivity index (χ3v) is 7.05. The molecule has 0 amide bonds. The fourth-order valence-corrected chi connectivity index (χ4v) is 4.75. The average Bonchev–Trinajstić information content (AvgIpc) is 3.07. The third kappa shape index (κ3) is 8.54. The zero-order valence-electron chi connectivity index (χ0n) is 19.0. The molecular formula is C21H30N4O8P2. The first-order valence-corrected chi connectivity index (χ1v) is 14.6. The number of nitrogen functional groups attached to an aromatic ring is 1. The minimum atomic E-state index is -4.05. The molecule has 0 saturated carbocycles. The topological polar surface area (TPSA) is 200 Å². The number of hydrogen-bond acceptors (Lipinski definition) is 6. The highest BCUT2D eigenvalue weighted by molar-refractivity contribution is 7.52. The van der Waals surface area contributed by atoms with Gasteiger partial charge in [0.15, 0.2) is 0 Å². The minimum Gasteiger partial charge on any atom is -0.494 e. The van der Waals surface area contributed by atoms with Gasteiger partial charge in [0, 0.05) is 18.4 Å². The predicted octanol–water partition coefficient (Wildman–Crippen LogP) is 2.28. The summed E-state index contributed by atoms with van der Waals surface area (Å²) in [7, 11) is -8.03. The van der Waals surface area contributed by atoms with Gasteiger partial charge in [0.1, 0.15) is 5.75 Å². The van der Waals surface area contributed by atoms with Crippen LogP contribution in [0.5, 0.6) is 5.75 Å². The Kier molecular flexibility index (Phi) is 8.82. The Balaban J connectivity index is 1.64. The molecule has 2 aromatic carbocycles. The van der Waals surface area contributed by atoms with Crippen LogP contribution >= 0.6 is 15.2 Å². The molecule has 35 heavy (non-hydrogen) atoms. The zero-order valence-corrected chi connectivity index (χ0v) is 20.8. The molecule has 0 saturated heterocycles. The van der Waals surface area contributed by atoms with Crippen molar-refractivity contribution in [3.8, 4) is 5.75 Å². The number of anilines is 2. The summed E-state index contributed by atoms with van der Waals surface area (Å²) in [4.78, 5) is 51.0. The maximum Gasteiger partial charge on any atom is 0.326 e. The molecule has 0 aliphatic carbocycles. The van der Waals surface area contributed by atoms with E-state index >= 15 is 0 Å². The Bertz CT molecular complexity index is 1290. The lowest BCUT2D eigenvalue weighted by Crippen LogP contribution is -2.17. The monoisotopic (exact) mass is 528 g/mol. The van der Waals surface area contributed by atoms with Crippen LogP contribution in [0.2, 0.25) is 0 Å². The van der Waals surface area contributed by atoms with E-state index in [9.17, 15) is 13.9 Å². The number of nitrogens with zero attached hydrogens (tertiary/aromatic N) is 1. The van der Waals surface area contributed by atoms with E-state index in [1.54, 1.807) is 28.8 Å². The first-order chi connectivity index (χ1) is 16.4. The number of ether oxygens (including phenoxy) is 1. The fourth-order valence-electron chi connectivity index (χ4n) is 3.54. The number of hydrogen-bond donors (Lipinski definition) is 7. The van der Waals surface area contributed by atoms with Crippen molar-refractivity contribution in [3.05, 3.63) is 52.4 Å². The first kappa shape index (κ1) is 27.0. The highest BCUT2D eigenvalue weighted by Crippen LogP contribution is 2.35. The van der Waals surface area contributed by atoms with Gasteiger partial charge in [-0.2, -0.15) is 0 Å². The highest BCUT2D eigenvalue weighted by atomic mass is 31.2. The lowest BCUT2D eigenvalue weighted by Gasteiger charge is -2.11. The molecule has 0 spiro atoms. The number of nitrogens with one attached hydrogen (secondary N) is 2. The summed E-state index contributed by atoms with van der Waals surface area (Å²) in [6, 6.07) is 10.6. The first-order valence-electron chi connectivity index (χ1n) is 11.0. The van der Waals surface area contributed by atoms with Crippen LogP contribution in [0, 0.1) is 0 Å². The molecule has 12 nitrogen and oxygen atoms in total. The number of fused-ring (bicyclic) bond motifs is 1. The number of benzene rings is 2. The average molecular weight is 528 g/mol. The van der Waals surface area contributed by atoms with Crippen LogP contribution in [-0.2, 0) is 15.7 Å². The number of H-pyrrole nitrogens is 1. The minimum absolute atomic E-state index is 0.163. The Hall–Kier alpha value is -2.59. The lowest BCUT2D eigenvalue weighted by molar-refractivity contribution is 0.306. The van der Waals surface area contributed by atoms with Crippen LogP contribution in [0.1, 0.15) is 24.8 Å². The van der Waals surface area contributed by atoms with Crippen molar-refractivity contribution in [2.75, 3.05) is 36.5 Å². The van der Waals surface area contributed by atoms with Crippen LogP contribution in [0.3, 0.4) is 0 Å². The summed E-state index contributed by atoms with van der Waals surface area (Å²) in [5.74, 6) is 0.613. The Morgan fingerprint density at radius 1 is 0.971 bits per heavy atom. The molecular weight excluding hydrogens is 498 g/mol. The smallest absolute Gasteiger partial charge is 0.326 e. The molecule has 3 rings (SSSR count). The van der Waals surface area contributed by atoms with Gasteiger partial charge < -0.3 is 40.3 Å². The van der Waals surface area contributed by atoms with Crippen LogP contribution in [-0.4, -0.2) is 54.6 Å². The van der Waals surface area contributed by atoms with Gasteiger partial charge in [0.05, 0.1) is 36.0 Å². The van der Waals surface area contributed by atoms with Gasteiger partial charge in [-0.1, -0.05) is 12.1 Å². The summed E-state index contributed by atoms with van der Waals surface area (Å²) in [6.07, 6.45) is 0.786. The van der Waals surface area contributed by atoms with Crippen LogP contribution < -0.4 is 21.5 Å². The number of aromatic amines is 1. The number of aromatic nitrogens is 2. The molecule has 1 aromatic heterocycles. The Morgan fingerprint density at radius 3 is 2.29 bits per heavy atom. The molecule has 3 aromatic rings. The lowest BCUT2D eigenvalue weighted by atomic mass is 10.2. The van der Waals surface area contributed by atoms with E-state index < -0.39 is 15.2 Å². The van der Waals surface area contributed by atoms with Gasteiger partial charge in [-0.15, -0.1) is 0 Å². The van der Waals surface area contributed by atoms with Gasteiger partial charge in [-0.3, -0.25) is 13.7 Å². The Morgan fingerprint density at radius 2 is 1.63 bits per heavy atom. The molecule has 192 valence electrons. The molecule has 0 atom stereocenters. The zero-order chi connectivity index (χ0) is 25.6. The van der Waals surface area contributed by atoms with Crippen molar-refractivity contribution in [1.29, 1.82) is 0 Å². The molecule has 0 fully saturated rings. The van der Waals surface area contributed by atoms with E-state index in [0.29, 0.717) is 54.2 Å². The molecule has 1 heterocycles. The summed E-state index contributed by atoms with van der Waals surface area (Å²) >= 11 is 0. The number of rotatable bonds is 13. The van der Waals surface area contributed by atoms with E-state index in [2.05, 4.69) is 10.3 Å². The van der Waals surface area contributed by atoms with Crippen molar-refractivity contribution in [3.63, 3.8) is 0 Å². The van der Waals surface area contributed by atoms with Crippen molar-refractivity contribution < 1.29 is 33.4 Å². The molecule has 0 radical (unpaired) electrons. The summed E-state index contributed by atoms with van der Waals surface area (Å²) in [5, 5.41) is 3.08. The molecule has 0 unspecified atom stereocenters. The summed E-state index contributed by atoms with van der Waals surface area (Å²) in [6.45, 7) is 0.957. The van der Waals surface area contributed by atoms with Gasteiger partial charge >= 0.3 is 20.9 Å². The van der Waals surface area contributed by atoms with Crippen molar-refractivity contribution in [2.45, 2.75) is 25.8 Å².